The molecule has 0 saturated heterocycles. The molecular formula is C34H58N4O5S. The molecule has 0 aromatic heterocycles. The lowest BCUT2D eigenvalue weighted by atomic mass is 9.96. The number of benzene rings is 1. The molecule has 250 valence electrons. The van der Waals surface area contributed by atoms with Gasteiger partial charge in [0.25, 0.3) is 0 Å². The fraction of sp³-hybridized carbons (Fsp3) is 0.676. The van der Waals surface area contributed by atoms with Gasteiger partial charge in [-0.3, -0.25) is 24.0 Å². The number of thioether (sulfide) groups is 1. The third-order valence-corrected chi connectivity index (χ3v) is 7.53. The highest BCUT2D eigenvalue weighted by Crippen LogP contribution is 2.12. The summed E-state index contributed by atoms with van der Waals surface area (Å²) < 4.78 is 0. The molecule has 4 atom stereocenters. The lowest BCUT2D eigenvalue weighted by Gasteiger charge is -2.27. The normalized spacial score (nSPS) is 13.5. The van der Waals surface area contributed by atoms with Crippen LogP contribution < -0.4 is 21.3 Å². The molecule has 9 nitrogen and oxygen atoms in total. The molecule has 1 aromatic carbocycles. The van der Waals surface area contributed by atoms with Crippen molar-refractivity contribution in [2.75, 3.05) is 12.0 Å². The minimum atomic E-state index is -0.956. The highest BCUT2D eigenvalue weighted by atomic mass is 32.2. The van der Waals surface area contributed by atoms with Crippen LogP contribution in [0.1, 0.15) is 99.5 Å². The zero-order valence-electron chi connectivity index (χ0n) is 28.5. The summed E-state index contributed by atoms with van der Waals surface area (Å²) in [4.78, 5) is 65.2. The van der Waals surface area contributed by atoms with Gasteiger partial charge in [0.05, 0.1) is 6.04 Å². The van der Waals surface area contributed by atoms with E-state index >= 15 is 0 Å². The lowest BCUT2D eigenvalue weighted by molar-refractivity contribution is -0.134. The quantitative estimate of drug-likeness (QED) is 0.152. The molecule has 44 heavy (non-hydrogen) atoms. The summed E-state index contributed by atoms with van der Waals surface area (Å²) in [5.74, 6) is -1.25. The number of carbonyl (C=O) groups excluding carboxylic acids is 5. The number of amides is 4. The Morgan fingerprint density at radius 1 is 0.727 bits per heavy atom. The third kappa shape index (κ3) is 16.8. The molecule has 0 aliphatic rings. The Kier molecular flexibility index (Phi) is 22.0. The predicted molar refractivity (Wildman–Crippen MR) is 181 cm³/mol. The molecule has 10 heteroatoms. The van der Waals surface area contributed by atoms with Gasteiger partial charge < -0.3 is 21.3 Å². The Morgan fingerprint density at radius 2 is 1.27 bits per heavy atom. The average Bonchev–Trinajstić information content (AvgIpc) is 2.98. The fourth-order valence-corrected chi connectivity index (χ4v) is 5.09. The van der Waals surface area contributed by atoms with Gasteiger partial charge in [0, 0.05) is 19.3 Å². The highest BCUT2D eigenvalue weighted by molar-refractivity contribution is 7.98. The standard InChI is InChI=1S/C32H52N4O5S.C2H6/c1-8-9-11-16-25(29(38)22(4)5)34-32(41)28(20-24-14-12-10-13-15-24)36-31(40)27(19-21(2)3)35-30(39)26(17-18-42-7)33-23(6)37;1-2/h10,12-15,21-22,25-28H,8-9,11,16-20H2,1-7H3,(H,33,37)(H,34,41)(H,35,39)(H,36,40);1-2H3. The maximum Gasteiger partial charge on any atom is 0.243 e. The molecule has 1 rings (SSSR count). The summed E-state index contributed by atoms with van der Waals surface area (Å²) >= 11 is 1.56. The molecule has 0 aliphatic heterocycles. The van der Waals surface area contributed by atoms with Crippen molar-refractivity contribution in [3.8, 4) is 0 Å². The minimum Gasteiger partial charge on any atom is -0.345 e. The van der Waals surface area contributed by atoms with Crippen LogP contribution >= 0.6 is 11.8 Å². The zero-order chi connectivity index (χ0) is 33.7. The smallest absolute Gasteiger partial charge is 0.243 e. The Morgan fingerprint density at radius 3 is 1.80 bits per heavy atom. The first-order chi connectivity index (χ1) is 20.9. The molecule has 0 bridgehead atoms. The van der Waals surface area contributed by atoms with Crippen LogP contribution in [0.3, 0.4) is 0 Å². The molecule has 4 N–H and O–H groups in total. The Hall–Kier alpha value is -2.88. The highest BCUT2D eigenvalue weighted by Gasteiger charge is 2.32. The molecule has 4 unspecified atom stereocenters. The van der Waals surface area contributed by atoms with Gasteiger partial charge in [-0.25, -0.2) is 0 Å². The first kappa shape index (κ1) is 41.1. The number of hydrogen-bond acceptors (Lipinski definition) is 6. The summed E-state index contributed by atoms with van der Waals surface area (Å²) in [5, 5.41) is 11.3. The van der Waals surface area contributed by atoms with Crippen molar-refractivity contribution >= 4 is 41.2 Å². The van der Waals surface area contributed by atoms with E-state index in [0.29, 0.717) is 25.0 Å². The van der Waals surface area contributed by atoms with E-state index in [0.717, 1.165) is 24.8 Å². The molecule has 0 heterocycles. The fourth-order valence-electron chi connectivity index (χ4n) is 4.62. The average molecular weight is 635 g/mol. The molecule has 0 spiro atoms. The maximum absolute atomic E-state index is 13.7. The summed E-state index contributed by atoms with van der Waals surface area (Å²) in [6, 6.07) is 6.07. The van der Waals surface area contributed by atoms with Crippen molar-refractivity contribution in [2.45, 2.75) is 125 Å². The number of Topliss-reactive ketones (excluding diaryl/α,β-unsaturated/α-hetero) is 1. The first-order valence-corrected chi connectivity index (χ1v) is 17.5. The topological polar surface area (TPSA) is 133 Å². The summed E-state index contributed by atoms with van der Waals surface area (Å²) in [6.45, 7) is 14.9. The number of hydrogen-bond donors (Lipinski definition) is 4. The number of unbranched alkanes of at least 4 members (excludes halogenated alkanes) is 2. The minimum absolute atomic E-state index is 0.0385. The van der Waals surface area contributed by atoms with Crippen LogP contribution in [0.5, 0.6) is 0 Å². The van der Waals surface area contributed by atoms with Crippen molar-refractivity contribution in [3.63, 3.8) is 0 Å². The van der Waals surface area contributed by atoms with Gasteiger partial charge in [-0.1, -0.05) is 98.1 Å². The van der Waals surface area contributed by atoms with E-state index in [1.54, 1.807) is 11.8 Å². The van der Waals surface area contributed by atoms with Gasteiger partial charge in [0.15, 0.2) is 5.78 Å². The first-order valence-electron chi connectivity index (χ1n) is 16.1. The number of carbonyl (C=O) groups is 5. The second-order valence-electron chi connectivity index (χ2n) is 11.6. The molecule has 0 saturated carbocycles. The number of ketones is 1. The lowest BCUT2D eigenvalue weighted by Crippen LogP contribution is -2.58. The largest absolute Gasteiger partial charge is 0.345 e. The molecule has 0 aliphatic carbocycles. The van der Waals surface area contributed by atoms with Crippen LogP contribution in [0.2, 0.25) is 0 Å². The molecular weight excluding hydrogens is 576 g/mol. The van der Waals surface area contributed by atoms with Crippen LogP contribution in [0.4, 0.5) is 0 Å². The summed E-state index contributed by atoms with van der Waals surface area (Å²) in [6.07, 6.45) is 6.20. The molecule has 1 aromatic rings. The summed E-state index contributed by atoms with van der Waals surface area (Å²) in [7, 11) is 0. The van der Waals surface area contributed by atoms with Crippen LogP contribution in [0.15, 0.2) is 30.3 Å². The second-order valence-corrected chi connectivity index (χ2v) is 12.6. The van der Waals surface area contributed by atoms with Crippen molar-refractivity contribution in [2.24, 2.45) is 11.8 Å². The predicted octanol–water partition coefficient (Wildman–Crippen LogP) is 4.82. The van der Waals surface area contributed by atoms with Crippen molar-refractivity contribution in [1.29, 1.82) is 0 Å². The van der Waals surface area contributed by atoms with Crippen molar-refractivity contribution < 1.29 is 24.0 Å². The second kappa shape index (κ2) is 23.5. The van der Waals surface area contributed by atoms with E-state index in [-0.39, 0.29) is 29.9 Å². The number of nitrogens with one attached hydrogen (secondary N) is 4. The monoisotopic (exact) mass is 634 g/mol. The van der Waals surface area contributed by atoms with Gasteiger partial charge in [-0.2, -0.15) is 11.8 Å². The Balaban J connectivity index is 0.00000904. The molecule has 0 radical (unpaired) electrons. The van der Waals surface area contributed by atoms with E-state index < -0.39 is 41.9 Å². The number of rotatable bonds is 20. The van der Waals surface area contributed by atoms with Crippen LogP contribution in [0.25, 0.3) is 0 Å². The van der Waals surface area contributed by atoms with Gasteiger partial charge in [-0.15, -0.1) is 0 Å². The van der Waals surface area contributed by atoms with Crippen LogP contribution in [-0.2, 0) is 30.4 Å². The molecule has 4 amide bonds. The van der Waals surface area contributed by atoms with E-state index in [1.807, 2.05) is 78.1 Å². The van der Waals surface area contributed by atoms with Gasteiger partial charge in [0.1, 0.15) is 18.1 Å². The van der Waals surface area contributed by atoms with E-state index in [2.05, 4.69) is 28.2 Å². The Bertz CT molecular complexity index is 1000. The SMILES string of the molecule is CC.CCCCCC(NC(=O)C(Cc1ccccc1)NC(=O)C(CC(C)C)NC(=O)C(CCSC)NC(C)=O)C(=O)C(C)C. The Labute approximate surface area is 270 Å². The molecule has 0 fully saturated rings. The van der Waals surface area contributed by atoms with Gasteiger partial charge >= 0.3 is 0 Å². The van der Waals surface area contributed by atoms with Crippen molar-refractivity contribution in [3.05, 3.63) is 35.9 Å². The van der Waals surface area contributed by atoms with Crippen LogP contribution in [0, 0.1) is 11.8 Å². The van der Waals surface area contributed by atoms with E-state index in [9.17, 15) is 24.0 Å². The zero-order valence-corrected chi connectivity index (χ0v) is 29.3. The van der Waals surface area contributed by atoms with Gasteiger partial charge in [0.2, 0.25) is 23.6 Å². The van der Waals surface area contributed by atoms with E-state index in [1.165, 1.54) is 6.92 Å². The third-order valence-electron chi connectivity index (χ3n) is 6.89. The van der Waals surface area contributed by atoms with E-state index in [4.69, 9.17) is 0 Å². The van der Waals surface area contributed by atoms with Crippen molar-refractivity contribution in [1.82, 2.24) is 21.3 Å². The summed E-state index contributed by atoms with van der Waals surface area (Å²) in [5.41, 5.74) is 0.850. The van der Waals surface area contributed by atoms with Crippen LogP contribution in [-0.4, -0.2) is 65.6 Å². The maximum atomic E-state index is 13.7. The van der Waals surface area contributed by atoms with Gasteiger partial charge in [-0.05, 0) is 42.8 Å².